The van der Waals surface area contributed by atoms with Gasteiger partial charge in [-0.2, -0.15) is 0 Å². The third-order valence-electron chi connectivity index (χ3n) is 1.05. The Bertz CT molecular complexity index is 155. The zero-order valence-electron chi connectivity index (χ0n) is 6.67. The van der Waals surface area contributed by atoms with Crippen LogP contribution >= 0.6 is 0 Å². The first-order valence-corrected chi connectivity index (χ1v) is 3.40. The van der Waals surface area contributed by atoms with Crippen LogP contribution in [0.3, 0.4) is 0 Å². The molecule has 64 valence electrons. The highest BCUT2D eigenvalue weighted by Gasteiger charge is 1.93. The predicted octanol–water partition coefficient (Wildman–Crippen LogP) is -0.259. The fraction of sp³-hybridized carbons (Fsp3) is 0.571. The van der Waals surface area contributed by atoms with E-state index in [1.54, 1.807) is 0 Å². The summed E-state index contributed by atoms with van der Waals surface area (Å²) in [6.07, 6.45) is 1.90. The van der Waals surface area contributed by atoms with Gasteiger partial charge in [0.25, 0.3) is 0 Å². The van der Waals surface area contributed by atoms with Crippen molar-refractivity contribution >= 4 is 5.78 Å². The molecular formula is C7H14N2O2. The normalized spacial score (nSPS) is 11.5. The van der Waals surface area contributed by atoms with Crippen molar-refractivity contribution in [2.75, 3.05) is 13.2 Å². The summed E-state index contributed by atoms with van der Waals surface area (Å²) in [6, 6.07) is 0. The summed E-state index contributed by atoms with van der Waals surface area (Å²) < 4.78 is 4.94. The number of ether oxygens (including phenoxy) is 1. The zero-order valence-corrected chi connectivity index (χ0v) is 6.67. The van der Waals surface area contributed by atoms with Crippen LogP contribution in [-0.4, -0.2) is 19.0 Å². The lowest BCUT2D eigenvalue weighted by Crippen LogP contribution is -2.09. The van der Waals surface area contributed by atoms with Gasteiger partial charge in [-0.15, -0.1) is 0 Å². The molecule has 0 unspecified atom stereocenters. The highest BCUT2D eigenvalue weighted by Crippen LogP contribution is 1.90. The first kappa shape index (κ1) is 9.97. The molecule has 0 heterocycles. The van der Waals surface area contributed by atoms with Gasteiger partial charge >= 0.3 is 0 Å². The Morgan fingerprint density at radius 3 is 2.73 bits per heavy atom. The maximum absolute atomic E-state index is 10.4. The van der Waals surface area contributed by atoms with E-state index in [9.17, 15) is 4.79 Å². The molecule has 0 radical (unpaired) electrons. The van der Waals surface area contributed by atoms with E-state index in [1.165, 1.54) is 13.1 Å². The highest BCUT2D eigenvalue weighted by molar-refractivity contribution is 5.76. The van der Waals surface area contributed by atoms with Crippen LogP contribution in [0.15, 0.2) is 11.9 Å². The number of ketones is 1. The molecule has 0 aliphatic carbocycles. The second-order valence-corrected chi connectivity index (χ2v) is 2.25. The molecule has 0 aliphatic heterocycles. The quantitative estimate of drug-likeness (QED) is 0.540. The van der Waals surface area contributed by atoms with Crippen LogP contribution in [0.4, 0.5) is 0 Å². The van der Waals surface area contributed by atoms with E-state index in [0.29, 0.717) is 18.7 Å². The van der Waals surface area contributed by atoms with Gasteiger partial charge in [0, 0.05) is 18.3 Å². The Kier molecular flexibility index (Phi) is 5.20. The minimum Gasteiger partial charge on any atom is -0.403 e. The molecule has 0 spiro atoms. The molecule has 0 aliphatic rings. The highest BCUT2D eigenvalue weighted by atomic mass is 16.5. The lowest BCUT2D eigenvalue weighted by atomic mass is 10.3. The van der Waals surface area contributed by atoms with Gasteiger partial charge in [-0.05, 0) is 6.92 Å². The van der Waals surface area contributed by atoms with Crippen LogP contribution in [0.1, 0.15) is 13.3 Å². The minimum absolute atomic E-state index is 0.0142. The van der Waals surface area contributed by atoms with E-state index in [0.717, 1.165) is 0 Å². The van der Waals surface area contributed by atoms with Gasteiger partial charge in [-0.25, -0.2) is 0 Å². The monoisotopic (exact) mass is 158 g/mol. The van der Waals surface area contributed by atoms with Crippen LogP contribution in [-0.2, 0) is 9.53 Å². The van der Waals surface area contributed by atoms with E-state index >= 15 is 0 Å². The maximum Gasteiger partial charge on any atom is 0.155 e. The van der Waals surface area contributed by atoms with Crippen molar-refractivity contribution in [3.63, 3.8) is 0 Å². The average Bonchev–Trinajstić information content (AvgIpc) is 1.97. The van der Waals surface area contributed by atoms with Gasteiger partial charge in [-0.1, -0.05) is 0 Å². The third-order valence-corrected chi connectivity index (χ3v) is 1.05. The molecule has 0 fully saturated rings. The number of hydrogen-bond acceptors (Lipinski definition) is 4. The Labute approximate surface area is 66.2 Å². The molecule has 0 aromatic heterocycles. The molecule has 0 aromatic carbocycles. The van der Waals surface area contributed by atoms with Crippen molar-refractivity contribution in [2.24, 2.45) is 11.5 Å². The number of carbonyl (C=O) groups excluding carboxylic acids is 1. The summed E-state index contributed by atoms with van der Waals surface area (Å²) in [5.74, 6) is 0.0142. The number of nitrogens with two attached hydrogens (primary N) is 2. The van der Waals surface area contributed by atoms with Crippen LogP contribution < -0.4 is 11.5 Å². The molecule has 0 rings (SSSR count). The summed E-state index contributed by atoms with van der Waals surface area (Å²) in [4.78, 5) is 10.4. The molecule has 4 N–H and O–H groups in total. The van der Waals surface area contributed by atoms with Gasteiger partial charge in [0.15, 0.2) is 5.78 Å². The third kappa shape index (κ3) is 6.86. The SMILES string of the molecule is CC(=O)COCC/C(N)=C/N. The molecule has 4 nitrogen and oxygen atoms in total. The van der Waals surface area contributed by atoms with Crippen molar-refractivity contribution < 1.29 is 9.53 Å². The van der Waals surface area contributed by atoms with Crippen molar-refractivity contribution in [1.82, 2.24) is 0 Å². The number of hydrogen-bond donors (Lipinski definition) is 2. The zero-order chi connectivity index (χ0) is 8.69. The van der Waals surface area contributed by atoms with Crippen LogP contribution in [0.2, 0.25) is 0 Å². The molecule has 0 aromatic rings. The first-order valence-electron chi connectivity index (χ1n) is 3.40. The van der Waals surface area contributed by atoms with E-state index in [1.807, 2.05) is 0 Å². The van der Waals surface area contributed by atoms with Gasteiger partial charge < -0.3 is 16.2 Å². The lowest BCUT2D eigenvalue weighted by molar-refractivity contribution is -0.121. The molecule has 4 heteroatoms. The summed E-state index contributed by atoms with van der Waals surface area (Å²) in [6.45, 7) is 2.07. The summed E-state index contributed by atoms with van der Waals surface area (Å²) >= 11 is 0. The van der Waals surface area contributed by atoms with E-state index < -0.39 is 0 Å². The fourth-order valence-corrected chi connectivity index (χ4v) is 0.489. The van der Waals surface area contributed by atoms with E-state index in [-0.39, 0.29) is 12.4 Å². The smallest absolute Gasteiger partial charge is 0.155 e. The Hall–Kier alpha value is -1.03. The Morgan fingerprint density at radius 1 is 1.64 bits per heavy atom. The van der Waals surface area contributed by atoms with Crippen molar-refractivity contribution in [3.8, 4) is 0 Å². The van der Waals surface area contributed by atoms with Gasteiger partial charge in [-0.3, -0.25) is 4.79 Å². The lowest BCUT2D eigenvalue weighted by Gasteiger charge is -2.00. The largest absolute Gasteiger partial charge is 0.403 e. The summed E-state index contributed by atoms with van der Waals surface area (Å²) in [5, 5.41) is 0. The molecule has 0 saturated heterocycles. The second kappa shape index (κ2) is 5.73. The van der Waals surface area contributed by atoms with Crippen LogP contribution in [0.25, 0.3) is 0 Å². The van der Waals surface area contributed by atoms with Gasteiger partial charge in [0.1, 0.15) is 6.61 Å². The van der Waals surface area contributed by atoms with Crippen LogP contribution in [0, 0.1) is 0 Å². The van der Waals surface area contributed by atoms with Crippen molar-refractivity contribution in [3.05, 3.63) is 11.9 Å². The average molecular weight is 158 g/mol. The Balaban J connectivity index is 3.21. The molecule has 0 bridgehead atoms. The number of carbonyl (C=O) groups is 1. The topological polar surface area (TPSA) is 78.3 Å². The second-order valence-electron chi connectivity index (χ2n) is 2.25. The molecule has 0 atom stereocenters. The Morgan fingerprint density at radius 2 is 2.27 bits per heavy atom. The predicted molar refractivity (Wildman–Crippen MR) is 42.6 cm³/mol. The number of Topliss-reactive ketones (excluding diaryl/α,β-unsaturated/α-hetero) is 1. The van der Waals surface area contributed by atoms with E-state index in [2.05, 4.69) is 0 Å². The fourth-order valence-electron chi connectivity index (χ4n) is 0.489. The molecule has 0 amide bonds. The summed E-state index contributed by atoms with van der Waals surface area (Å²) in [7, 11) is 0. The first-order chi connectivity index (χ1) is 5.16. The number of rotatable bonds is 5. The molecule has 11 heavy (non-hydrogen) atoms. The molecular weight excluding hydrogens is 144 g/mol. The standard InChI is InChI=1S/C7H14N2O2/c1-6(10)5-11-3-2-7(9)4-8/h4H,2-3,5,8-9H2,1H3/b7-4-. The van der Waals surface area contributed by atoms with Crippen molar-refractivity contribution in [1.29, 1.82) is 0 Å². The molecule has 0 saturated carbocycles. The summed E-state index contributed by atoms with van der Waals surface area (Å²) in [5.41, 5.74) is 11.0. The van der Waals surface area contributed by atoms with Crippen LogP contribution in [0.5, 0.6) is 0 Å². The van der Waals surface area contributed by atoms with Gasteiger partial charge in [0.2, 0.25) is 0 Å². The van der Waals surface area contributed by atoms with Crippen molar-refractivity contribution in [2.45, 2.75) is 13.3 Å². The van der Waals surface area contributed by atoms with E-state index in [4.69, 9.17) is 16.2 Å². The van der Waals surface area contributed by atoms with Gasteiger partial charge in [0.05, 0.1) is 6.61 Å². The minimum atomic E-state index is 0.0142. The maximum atomic E-state index is 10.4.